The molecule has 1 unspecified atom stereocenters. The Morgan fingerprint density at radius 1 is 1.36 bits per heavy atom. The number of hydrogen-bond donors (Lipinski definition) is 1. The molecule has 0 rings (SSSR count). The van der Waals surface area contributed by atoms with E-state index in [1.54, 1.807) is 0 Å². The quantitative estimate of drug-likeness (QED) is 0.671. The van der Waals surface area contributed by atoms with E-state index in [0.29, 0.717) is 5.25 Å². The van der Waals surface area contributed by atoms with Gasteiger partial charge in [-0.15, -0.1) is 0 Å². The molecule has 0 aliphatic carbocycles. The lowest BCUT2D eigenvalue weighted by Gasteiger charge is -2.12. The van der Waals surface area contributed by atoms with Gasteiger partial charge in [-0.25, -0.2) is 0 Å². The van der Waals surface area contributed by atoms with Gasteiger partial charge in [0.25, 0.3) is 0 Å². The first-order valence-electron chi connectivity index (χ1n) is 4.52. The molecule has 1 nitrogen and oxygen atoms in total. The van der Waals surface area contributed by atoms with Crippen LogP contribution in [-0.2, 0) is 0 Å². The van der Waals surface area contributed by atoms with Crippen molar-refractivity contribution in [1.29, 1.82) is 0 Å². The molecule has 0 radical (unpaired) electrons. The first-order chi connectivity index (χ1) is 5.20. The minimum atomic E-state index is 0.689. The van der Waals surface area contributed by atoms with E-state index in [9.17, 15) is 0 Å². The number of thioether (sulfide) groups is 1. The van der Waals surface area contributed by atoms with E-state index < -0.39 is 0 Å². The molecule has 0 fully saturated rings. The van der Waals surface area contributed by atoms with Crippen LogP contribution in [0, 0.1) is 5.92 Å². The van der Waals surface area contributed by atoms with Crippen LogP contribution in [0.4, 0.5) is 0 Å². The molecule has 0 amide bonds. The Balaban J connectivity index is 3.21. The van der Waals surface area contributed by atoms with Crippen molar-refractivity contribution in [1.82, 2.24) is 0 Å². The standard InChI is InChI=1S/C9H21NS/c1-4-9(7-10)11-6-5-8(2)3/h8-9H,4-7,10H2,1-3H3. The summed E-state index contributed by atoms with van der Waals surface area (Å²) in [7, 11) is 0. The zero-order valence-electron chi connectivity index (χ0n) is 7.97. The number of rotatable bonds is 6. The van der Waals surface area contributed by atoms with Crippen molar-refractivity contribution in [2.75, 3.05) is 12.3 Å². The smallest absolute Gasteiger partial charge is 0.0167 e. The number of hydrogen-bond acceptors (Lipinski definition) is 2. The summed E-state index contributed by atoms with van der Waals surface area (Å²) in [6.07, 6.45) is 2.53. The van der Waals surface area contributed by atoms with E-state index in [1.165, 1.54) is 18.6 Å². The maximum absolute atomic E-state index is 5.58. The number of nitrogens with two attached hydrogens (primary N) is 1. The Hall–Kier alpha value is 0.310. The third-order valence-corrected chi connectivity index (χ3v) is 3.24. The molecule has 0 aliphatic rings. The van der Waals surface area contributed by atoms with Crippen LogP contribution in [-0.4, -0.2) is 17.5 Å². The average Bonchev–Trinajstić information content (AvgIpc) is 1.98. The summed E-state index contributed by atoms with van der Waals surface area (Å²) in [6, 6.07) is 0. The molecule has 0 bridgehead atoms. The molecule has 2 heteroatoms. The molecule has 0 aromatic rings. The van der Waals surface area contributed by atoms with Gasteiger partial charge in [0.05, 0.1) is 0 Å². The fraction of sp³-hybridized carbons (Fsp3) is 1.00. The Morgan fingerprint density at radius 3 is 2.36 bits per heavy atom. The normalized spacial score (nSPS) is 13.9. The monoisotopic (exact) mass is 175 g/mol. The fourth-order valence-electron chi connectivity index (χ4n) is 0.823. The van der Waals surface area contributed by atoms with Crippen LogP contribution in [0.1, 0.15) is 33.6 Å². The zero-order chi connectivity index (χ0) is 8.69. The van der Waals surface area contributed by atoms with Crippen LogP contribution in [0.2, 0.25) is 0 Å². The minimum absolute atomic E-state index is 0.689. The largest absolute Gasteiger partial charge is 0.329 e. The topological polar surface area (TPSA) is 26.0 Å². The van der Waals surface area contributed by atoms with Crippen molar-refractivity contribution in [3.8, 4) is 0 Å². The van der Waals surface area contributed by atoms with E-state index in [2.05, 4.69) is 20.8 Å². The predicted molar refractivity (Wildman–Crippen MR) is 55.0 cm³/mol. The Morgan fingerprint density at radius 2 is 2.00 bits per heavy atom. The summed E-state index contributed by atoms with van der Waals surface area (Å²) >= 11 is 2.02. The molecule has 0 aromatic heterocycles. The lowest BCUT2D eigenvalue weighted by molar-refractivity contribution is 0.630. The van der Waals surface area contributed by atoms with Crippen molar-refractivity contribution in [3.63, 3.8) is 0 Å². The van der Waals surface area contributed by atoms with Crippen LogP contribution in [0.3, 0.4) is 0 Å². The maximum Gasteiger partial charge on any atom is 0.0167 e. The summed E-state index contributed by atoms with van der Waals surface area (Å²) in [6.45, 7) is 7.58. The van der Waals surface area contributed by atoms with E-state index in [0.717, 1.165) is 12.5 Å². The first-order valence-corrected chi connectivity index (χ1v) is 5.57. The molecular weight excluding hydrogens is 154 g/mol. The van der Waals surface area contributed by atoms with Gasteiger partial charge >= 0.3 is 0 Å². The zero-order valence-corrected chi connectivity index (χ0v) is 8.79. The summed E-state index contributed by atoms with van der Waals surface area (Å²) in [5, 5.41) is 0.689. The van der Waals surface area contributed by atoms with Crippen LogP contribution in [0.25, 0.3) is 0 Å². The molecule has 0 aromatic carbocycles. The highest BCUT2D eigenvalue weighted by Crippen LogP contribution is 2.16. The predicted octanol–water partition coefficient (Wildman–Crippen LogP) is 2.50. The Bertz CT molecular complexity index is 79.6. The minimum Gasteiger partial charge on any atom is -0.329 e. The van der Waals surface area contributed by atoms with Crippen molar-refractivity contribution in [2.24, 2.45) is 11.7 Å². The van der Waals surface area contributed by atoms with Crippen molar-refractivity contribution in [3.05, 3.63) is 0 Å². The first kappa shape index (κ1) is 11.3. The molecule has 11 heavy (non-hydrogen) atoms. The van der Waals surface area contributed by atoms with E-state index in [4.69, 9.17) is 5.73 Å². The second-order valence-corrected chi connectivity index (χ2v) is 4.73. The van der Waals surface area contributed by atoms with E-state index in [1.807, 2.05) is 11.8 Å². The van der Waals surface area contributed by atoms with Gasteiger partial charge in [-0.1, -0.05) is 20.8 Å². The van der Waals surface area contributed by atoms with E-state index >= 15 is 0 Å². The van der Waals surface area contributed by atoms with Crippen LogP contribution in [0.5, 0.6) is 0 Å². The van der Waals surface area contributed by atoms with Crippen LogP contribution >= 0.6 is 11.8 Å². The van der Waals surface area contributed by atoms with E-state index in [-0.39, 0.29) is 0 Å². The summed E-state index contributed by atoms with van der Waals surface area (Å²) in [5.41, 5.74) is 5.58. The molecule has 0 saturated carbocycles. The fourth-order valence-corrected chi connectivity index (χ4v) is 2.14. The highest BCUT2D eigenvalue weighted by Gasteiger charge is 2.03. The summed E-state index contributed by atoms with van der Waals surface area (Å²) in [5.74, 6) is 2.10. The van der Waals surface area contributed by atoms with Gasteiger partial charge in [0.15, 0.2) is 0 Å². The van der Waals surface area contributed by atoms with Crippen molar-refractivity contribution in [2.45, 2.75) is 38.9 Å². The second kappa shape index (κ2) is 6.99. The highest BCUT2D eigenvalue weighted by atomic mass is 32.2. The lowest BCUT2D eigenvalue weighted by Crippen LogP contribution is -2.16. The third kappa shape index (κ3) is 6.70. The Kier molecular flexibility index (Phi) is 7.18. The SMILES string of the molecule is CCC(CN)SCCC(C)C. The van der Waals surface area contributed by atoms with Gasteiger partial charge in [0.2, 0.25) is 0 Å². The van der Waals surface area contributed by atoms with Gasteiger partial charge in [0, 0.05) is 11.8 Å². The average molecular weight is 175 g/mol. The van der Waals surface area contributed by atoms with Gasteiger partial charge in [0.1, 0.15) is 0 Å². The molecule has 0 spiro atoms. The summed E-state index contributed by atoms with van der Waals surface area (Å²) in [4.78, 5) is 0. The molecule has 2 N–H and O–H groups in total. The maximum atomic E-state index is 5.58. The van der Waals surface area contributed by atoms with Gasteiger partial charge in [-0.2, -0.15) is 11.8 Å². The van der Waals surface area contributed by atoms with Crippen molar-refractivity contribution >= 4 is 11.8 Å². The van der Waals surface area contributed by atoms with Gasteiger partial charge in [-0.05, 0) is 24.5 Å². The van der Waals surface area contributed by atoms with Crippen molar-refractivity contribution < 1.29 is 0 Å². The highest BCUT2D eigenvalue weighted by molar-refractivity contribution is 7.99. The summed E-state index contributed by atoms with van der Waals surface area (Å²) < 4.78 is 0. The molecule has 68 valence electrons. The van der Waals surface area contributed by atoms with Gasteiger partial charge < -0.3 is 5.73 Å². The van der Waals surface area contributed by atoms with Crippen LogP contribution < -0.4 is 5.73 Å². The Labute approximate surface area is 75.1 Å². The molecule has 0 saturated heterocycles. The molecule has 0 aliphatic heterocycles. The van der Waals surface area contributed by atoms with Gasteiger partial charge in [-0.3, -0.25) is 0 Å². The van der Waals surface area contributed by atoms with Crippen LogP contribution in [0.15, 0.2) is 0 Å². The second-order valence-electron chi connectivity index (χ2n) is 3.32. The molecular formula is C9H21NS. The molecule has 1 atom stereocenters. The third-order valence-electron chi connectivity index (χ3n) is 1.77. The molecule has 0 heterocycles. The lowest BCUT2D eigenvalue weighted by atomic mass is 10.2.